The van der Waals surface area contributed by atoms with E-state index >= 15 is 0 Å². The number of nitrogens with one attached hydrogen (secondary N) is 1. The molecular weight excluding hydrogens is 186 g/mol. The summed E-state index contributed by atoms with van der Waals surface area (Å²) in [6.07, 6.45) is 2.30. The van der Waals surface area contributed by atoms with E-state index in [1.165, 1.54) is 6.26 Å². The maximum Gasteiger partial charge on any atom is 0.153 e. The topological polar surface area (TPSA) is 46.2 Å². The second kappa shape index (κ2) is 4.42. The Morgan fingerprint density at radius 3 is 2.15 bits per heavy atom. The molecule has 0 bridgehead atoms. The van der Waals surface area contributed by atoms with Crippen LogP contribution in [0.3, 0.4) is 0 Å². The first-order chi connectivity index (χ1) is 5.70. The summed E-state index contributed by atoms with van der Waals surface area (Å²) in [5.41, 5.74) is 0. The van der Waals surface area contributed by atoms with Crippen molar-refractivity contribution in [1.29, 1.82) is 0 Å². The summed E-state index contributed by atoms with van der Waals surface area (Å²) in [5.74, 6) is 0. The van der Waals surface area contributed by atoms with Crippen LogP contribution in [0.15, 0.2) is 0 Å². The number of rotatable bonds is 5. The highest BCUT2D eigenvalue weighted by molar-refractivity contribution is 7.92. The van der Waals surface area contributed by atoms with E-state index in [1.807, 2.05) is 0 Å². The predicted octanol–water partition coefficient (Wildman–Crippen LogP) is 1.20. The van der Waals surface area contributed by atoms with Gasteiger partial charge in [0, 0.05) is 18.8 Å². The normalized spacial score (nSPS) is 15.8. The lowest BCUT2D eigenvalue weighted by molar-refractivity contribution is 0.473. The molecule has 80 valence electrons. The van der Waals surface area contributed by atoms with Gasteiger partial charge in [-0.2, -0.15) is 0 Å². The van der Waals surface area contributed by atoms with Crippen LogP contribution in [0.5, 0.6) is 0 Å². The van der Waals surface area contributed by atoms with Gasteiger partial charge in [0.15, 0.2) is 9.84 Å². The lowest BCUT2D eigenvalue weighted by atomic mass is 10.2. The van der Waals surface area contributed by atoms with Crippen LogP contribution in [0.4, 0.5) is 0 Å². The molecule has 0 saturated carbocycles. The van der Waals surface area contributed by atoms with Crippen LogP contribution in [0.2, 0.25) is 0 Å². The van der Waals surface area contributed by atoms with Crippen LogP contribution in [-0.2, 0) is 9.84 Å². The van der Waals surface area contributed by atoms with Gasteiger partial charge in [-0.3, -0.25) is 0 Å². The first-order valence-electron chi connectivity index (χ1n) is 4.63. The molecule has 13 heavy (non-hydrogen) atoms. The molecule has 0 aliphatic rings. The Morgan fingerprint density at radius 2 is 1.85 bits per heavy atom. The quantitative estimate of drug-likeness (QED) is 0.737. The minimum atomic E-state index is -2.97. The summed E-state index contributed by atoms with van der Waals surface area (Å²) in [7, 11) is -2.97. The summed E-state index contributed by atoms with van der Waals surface area (Å²) in [6.45, 7) is 8.14. The standard InChI is InChI=1S/C9H21NO2S/c1-6-8(2)10-7-9(3,4)13(5,11)12/h8,10H,6-7H2,1-5H3. The van der Waals surface area contributed by atoms with E-state index in [1.54, 1.807) is 13.8 Å². The lowest BCUT2D eigenvalue weighted by Crippen LogP contribution is -2.44. The zero-order valence-corrected chi connectivity index (χ0v) is 10.0. The molecule has 0 aromatic rings. The molecule has 0 saturated heterocycles. The van der Waals surface area contributed by atoms with E-state index < -0.39 is 14.6 Å². The molecule has 0 aliphatic heterocycles. The summed E-state index contributed by atoms with van der Waals surface area (Å²) in [5, 5.41) is 3.20. The molecule has 0 aromatic carbocycles. The molecule has 4 heteroatoms. The Kier molecular flexibility index (Phi) is 4.39. The van der Waals surface area contributed by atoms with Crippen molar-refractivity contribution in [2.24, 2.45) is 0 Å². The smallest absolute Gasteiger partial charge is 0.153 e. The molecule has 1 atom stereocenters. The largest absolute Gasteiger partial charge is 0.313 e. The minimum absolute atomic E-state index is 0.376. The van der Waals surface area contributed by atoms with E-state index in [0.29, 0.717) is 12.6 Å². The Labute approximate surface area is 81.8 Å². The first kappa shape index (κ1) is 12.9. The van der Waals surface area contributed by atoms with E-state index in [2.05, 4.69) is 19.2 Å². The molecule has 0 amide bonds. The van der Waals surface area contributed by atoms with E-state index in [4.69, 9.17) is 0 Å². The van der Waals surface area contributed by atoms with Gasteiger partial charge in [0.1, 0.15) is 0 Å². The Balaban J connectivity index is 4.21. The van der Waals surface area contributed by atoms with Crippen molar-refractivity contribution in [1.82, 2.24) is 5.32 Å². The van der Waals surface area contributed by atoms with Crippen molar-refractivity contribution < 1.29 is 8.42 Å². The minimum Gasteiger partial charge on any atom is -0.313 e. The fraction of sp³-hybridized carbons (Fsp3) is 1.00. The molecular formula is C9H21NO2S. The van der Waals surface area contributed by atoms with Crippen LogP contribution in [0, 0.1) is 0 Å². The van der Waals surface area contributed by atoms with Gasteiger partial charge in [0.25, 0.3) is 0 Å². The van der Waals surface area contributed by atoms with Crippen LogP contribution in [0.1, 0.15) is 34.1 Å². The number of hydrogen-bond acceptors (Lipinski definition) is 3. The molecule has 3 nitrogen and oxygen atoms in total. The van der Waals surface area contributed by atoms with E-state index in [-0.39, 0.29) is 0 Å². The van der Waals surface area contributed by atoms with Gasteiger partial charge in [-0.05, 0) is 27.2 Å². The second-order valence-corrected chi connectivity index (χ2v) is 6.87. The zero-order chi connectivity index (χ0) is 10.7. The Morgan fingerprint density at radius 1 is 1.38 bits per heavy atom. The van der Waals surface area contributed by atoms with Crippen LogP contribution in [-0.4, -0.2) is 32.0 Å². The second-order valence-electron chi connectivity index (χ2n) is 4.22. The molecule has 0 spiro atoms. The van der Waals surface area contributed by atoms with Crippen molar-refractivity contribution >= 4 is 9.84 Å². The molecule has 0 fully saturated rings. The summed E-state index contributed by atoms with van der Waals surface area (Å²) >= 11 is 0. The van der Waals surface area contributed by atoms with Gasteiger partial charge in [-0.25, -0.2) is 8.42 Å². The number of hydrogen-bond donors (Lipinski definition) is 1. The maximum absolute atomic E-state index is 11.3. The van der Waals surface area contributed by atoms with Gasteiger partial charge in [-0.1, -0.05) is 6.92 Å². The average molecular weight is 207 g/mol. The van der Waals surface area contributed by atoms with E-state index in [9.17, 15) is 8.42 Å². The summed E-state index contributed by atoms with van der Waals surface area (Å²) in [6, 6.07) is 0.376. The fourth-order valence-corrected chi connectivity index (χ4v) is 1.04. The van der Waals surface area contributed by atoms with Crippen molar-refractivity contribution in [3.8, 4) is 0 Å². The van der Waals surface area contributed by atoms with Crippen LogP contribution >= 0.6 is 0 Å². The van der Waals surface area contributed by atoms with Gasteiger partial charge >= 0.3 is 0 Å². The van der Waals surface area contributed by atoms with E-state index in [0.717, 1.165) is 6.42 Å². The third-order valence-corrected chi connectivity index (χ3v) is 4.64. The molecule has 0 aromatic heterocycles. The SMILES string of the molecule is CCC(C)NCC(C)(C)S(C)(=O)=O. The third kappa shape index (κ3) is 4.09. The highest BCUT2D eigenvalue weighted by Gasteiger charge is 2.29. The highest BCUT2D eigenvalue weighted by atomic mass is 32.2. The molecule has 0 rings (SSSR count). The first-order valence-corrected chi connectivity index (χ1v) is 6.53. The number of sulfone groups is 1. The highest BCUT2D eigenvalue weighted by Crippen LogP contribution is 2.13. The third-order valence-electron chi connectivity index (χ3n) is 2.49. The molecule has 0 aliphatic carbocycles. The predicted molar refractivity (Wildman–Crippen MR) is 56.7 cm³/mol. The zero-order valence-electron chi connectivity index (χ0n) is 9.22. The Bertz CT molecular complexity index is 244. The van der Waals surface area contributed by atoms with Gasteiger partial charge in [-0.15, -0.1) is 0 Å². The molecule has 1 N–H and O–H groups in total. The van der Waals surface area contributed by atoms with Crippen LogP contribution < -0.4 is 5.32 Å². The Hall–Kier alpha value is -0.0900. The van der Waals surface area contributed by atoms with Gasteiger partial charge < -0.3 is 5.32 Å². The maximum atomic E-state index is 11.3. The van der Waals surface area contributed by atoms with Crippen LogP contribution in [0.25, 0.3) is 0 Å². The average Bonchev–Trinajstić information content (AvgIpc) is 1.98. The fourth-order valence-electron chi connectivity index (χ4n) is 0.695. The lowest BCUT2D eigenvalue weighted by Gasteiger charge is -2.24. The molecule has 1 unspecified atom stereocenters. The van der Waals surface area contributed by atoms with Gasteiger partial charge in [0.2, 0.25) is 0 Å². The monoisotopic (exact) mass is 207 g/mol. The van der Waals surface area contributed by atoms with Crippen molar-refractivity contribution in [3.05, 3.63) is 0 Å². The molecule has 0 radical (unpaired) electrons. The van der Waals surface area contributed by atoms with Gasteiger partial charge in [0.05, 0.1) is 4.75 Å². The van der Waals surface area contributed by atoms with Crippen molar-refractivity contribution in [2.45, 2.75) is 44.9 Å². The van der Waals surface area contributed by atoms with Crippen molar-refractivity contribution in [3.63, 3.8) is 0 Å². The summed E-state index contributed by atoms with van der Waals surface area (Å²) in [4.78, 5) is 0. The molecule has 0 heterocycles. The summed E-state index contributed by atoms with van der Waals surface area (Å²) < 4.78 is 22.0. The van der Waals surface area contributed by atoms with Crippen molar-refractivity contribution in [2.75, 3.05) is 12.8 Å².